The van der Waals surface area contributed by atoms with Gasteiger partial charge in [0.15, 0.2) is 0 Å². The predicted molar refractivity (Wildman–Crippen MR) is 41.0 cm³/mol. The van der Waals surface area contributed by atoms with Gasteiger partial charge in [-0.1, -0.05) is 0 Å². The van der Waals surface area contributed by atoms with Gasteiger partial charge < -0.3 is 9.88 Å². The van der Waals surface area contributed by atoms with Gasteiger partial charge in [-0.25, -0.2) is 4.98 Å². The maximum Gasteiger partial charge on any atom is 0.207 e. The van der Waals surface area contributed by atoms with Crippen LogP contribution in [0.15, 0.2) is 12.5 Å². The Kier molecular flexibility index (Phi) is 2.66. The van der Waals surface area contributed by atoms with Crippen molar-refractivity contribution in [2.75, 3.05) is 6.54 Å². The highest BCUT2D eigenvalue weighted by Crippen LogP contribution is 1.95. The van der Waals surface area contributed by atoms with Crippen LogP contribution in [0.2, 0.25) is 0 Å². The Morgan fingerprint density at radius 1 is 1.82 bits per heavy atom. The summed E-state index contributed by atoms with van der Waals surface area (Å²) in [4.78, 5) is 13.8. The third kappa shape index (κ3) is 2.07. The molecule has 0 unspecified atom stereocenters. The Hall–Kier alpha value is -1.32. The molecule has 11 heavy (non-hydrogen) atoms. The summed E-state index contributed by atoms with van der Waals surface area (Å²) in [7, 11) is 1.93. The van der Waals surface area contributed by atoms with Crippen LogP contribution in [-0.4, -0.2) is 22.5 Å². The minimum Gasteiger partial charge on any atom is -0.358 e. The van der Waals surface area contributed by atoms with Crippen molar-refractivity contribution >= 4 is 6.41 Å². The lowest BCUT2D eigenvalue weighted by molar-refractivity contribution is -0.109. The summed E-state index contributed by atoms with van der Waals surface area (Å²) in [6.07, 6.45) is 5.08. The first-order valence-electron chi connectivity index (χ1n) is 3.47. The van der Waals surface area contributed by atoms with Crippen molar-refractivity contribution in [1.82, 2.24) is 14.9 Å². The van der Waals surface area contributed by atoms with E-state index in [1.165, 1.54) is 0 Å². The molecule has 0 saturated heterocycles. The van der Waals surface area contributed by atoms with Crippen LogP contribution in [0, 0.1) is 0 Å². The van der Waals surface area contributed by atoms with Gasteiger partial charge in [0.2, 0.25) is 6.41 Å². The zero-order valence-electron chi connectivity index (χ0n) is 6.45. The molecule has 0 fully saturated rings. The number of nitrogens with zero attached hydrogens (tertiary/aromatic N) is 2. The van der Waals surface area contributed by atoms with E-state index >= 15 is 0 Å². The van der Waals surface area contributed by atoms with Crippen LogP contribution in [0.4, 0.5) is 0 Å². The number of imidazole rings is 1. The summed E-state index contributed by atoms with van der Waals surface area (Å²) >= 11 is 0. The van der Waals surface area contributed by atoms with Gasteiger partial charge in [0.25, 0.3) is 0 Å². The molecule has 1 aromatic heterocycles. The minimum atomic E-state index is 0.670. The molecule has 4 heteroatoms. The smallest absolute Gasteiger partial charge is 0.207 e. The number of nitrogens with one attached hydrogen (secondary N) is 1. The monoisotopic (exact) mass is 153 g/mol. The van der Waals surface area contributed by atoms with Crippen LogP contribution >= 0.6 is 0 Å². The lowest BCUT2D eigenvalue weighted by Gasteiger charge is -1.99. The first kappa shape index (κ1) is 7.78. The number of carbonyl (C=O) groups is 1. The lowest BCUT2D eigenvalue weighted by atomic mass is 10.3. The molecule has 0 spiro atoms. The largest absolute Gasteiger partial charge is 0.358 e. The standard InChI is InChI=1S/C7H11N3O/c1-10-5-9-4-7(10)2-3-8-6-11/h4-6H,2-3H2,1H3,(H,8,11). The highest BCUT2D eigenvalue weighted by atomic mass is 16.1. The number of hydrogen-bond donors (Lipinski definition) is 1. The van der Waals surface area contributed by atoms with Gasteiger partial charge in [0.1, 0.15) is 0 Å². The molecule has 1 heterocycles. The van der Waals surface area contributed by atoms with Gasteiger partial charge in [-0.2, -0.15) is 0 Å². The Morgan fingerprint density at radius 2 is 2.64 bits per heavy atom. The molecular formula is C7H11N3O. The van der Waals surface area contributed by atoms with Gasteiger partial charge in [-0.05, 0) is 0 Å². The SMILES string of the molecule is Cn1cncc1CCNC=O. The molecule has 0 bridgehead atoms. The van der Waals surface area contributed by atoms with Gasteiger partial charge >= 0.3 is 0 Å². The predicted octanol–water partition coefficient (Wildman–Crippen LogP) is -0.291. The first-order chi connectivity index (χ1) is 5.34. The number of hydrogen-bond acceptors (Lipinski definition) is 2. The number of aryl methyl sites for hydroxylation is 1. The molecule has 0 aliphatic heterocycles. The van der Waals surface area contributed by atoms with E-state index in [1.807, 2.05) is 11.6 Å². The molecule has 0 aliphatic rings. The van der Waals surface area contributed by atoms with Crippen LogP contribution in [-0.2, 0) is 18.3 Å². The zero-order chi connectivity index (χ0) is 8.10. The lowest BCUT2D eigenvalue weighted by Crippen LogP contribution is -2.15. The minimum absolute atomic E-state index is 0.670. The van der Waals surface area contributed by atoms with E-state index in [-0.39, 0.29) is 0 Å². The van der Waals surface area contributed by atoms with E-state index in [2.05, 4.69) is 10.3 Å². The van der Waals surface area contributed by atoms with E-state index in [0.717, 1.165) is 12.1 Å². The highest BCUT2D eigenvalue weighted by molar-refractivity contribution is 5.45. The fourth-order valence-corrected chi connectivity index (χ4v) is 0.885. The molecule has 0 saturated carbocycles. The van der Waals surface area contributed by atoms with Crippen LogP contribution < -0.4 is 5.32 Å². The number of amides is 1. The van der Waals surface area contributed by atoms with Crippen LogP contribution in [0.25, 0.3) is 0 Å². The number of aromatic nitrogens is 2. The Labute approximate surface area is 65.2 Å². The van der Waals surface area contributed by atoms with Crippen molar-refractivity contribution in [3.8, 4) is 0 Å². The van der Waals surface area contributed by atoms with Crippen molar-refractivity contribution in [1.29, 1.82) is 0 Å². The fraction of sp³-hybridized carbons (Fsp3) is 0.429. The molecule has 0 atom stereocenters. The van der Waals surface area contributed by atoms with Gasteiger partial charge in [-0.3, -0.25) is 4.79 Å². The van der Waals surface area contributed by atoms with Gasteiger partial charge in [-0.15, -0.1) is 0 Å². The molecule has 4 nitrogen and oxygen atoms in total. The number of rotatable bonds is 4. The molecule has 1 N–H and O–H groups in total. The summed E-state index contributed by atoms with van der Waals surface area (Å²) < 4.78 is 1.94. The van der Waals surface area contributed by atoms with Crippen LogP contribution in [0.1, 0.15) is 5.69 Å². The Bertz CT molecular complexity index is 231. The van der Waals surface area contributed by atoms with E-state index in [0.29, 0.717) is 13.0 Å². The highest BCUT2D eigenvalue weighted by Gasteiger charge is 1.95. The molecular weight excluding hydrogens is 142 g/mol. The van der Waals surface area contributed by atoms with Crippen molar-refractivity contribution in [3.63, 3.8) is 0 Å². The molecule has 1 aromatic rings. The maximum absolute atomic E-state index is 9.88. The molecule has 60 valence electrons. The zero-order valence-corrected chi connectivity index (χ0v) is 6.45. The third-order valence-electron chi connectivity index (χ3n) is 1.53. The summed E-state index contributed by atoms with van der Waals surface area (Å²) in [5, 5.41) is 2.59. The average Bonchev–Trinajstić information content (AvgIpc) is 2.37. The van der Waals surface area contributed by atoms with E-state index < -0.39 is 0 Å². The Morgan fingerprint density at radius 3 is 3.18 bits per heavy atom. The molecule has 1 amide bonds. The summed E-state index contributed by atoms with van der Waals surface area (Å²) in [5.41, 5.74) is 1.12. The van der Waals surface area contributed by atoms with Crippen molar-refractivity contribution in [2.24, 2.45) is 7.05 Å². The normalized spacial score (nSPS) is 9.55. The van der Waals surface area contributed by atoms with E-state index in [9.17, 15) is 4.79 Å². The van der Waals surface area contributed by atoms with Gasteiger partial charge in [0, 0.05) is 31.9 Å². The Balaban J connectivity index is 2.38. The molecule has 0 radical (unpaired) electrons. The van der Waals surface area contributed by atoms with Crippen molar-refractivity contribution in [2.45, 2.75) is 6.42 Å². The van der Waals surface area contributed by atoms with Gasteiger partial charge in [0.05, 0.1) is 6.33 Å². The first-order valence-corrected chi connectivity index (χ1v) is 3.47. The van der Waals surface area contributed by atoms with Crippen LogP contribution in [0.3, 0.4) is 0 Å². The van der Waals surface area contributed by atoms with Crippen LogP contribution in [0.5, 0.6) is 0 Å². The number of carbonyl (C=O) groups excluding carboxylic acids is 1. The average molecular weight is 153 g/mol. The topological polar surface area (TPSA) is 46.9 Å². The fourth-order valence-electron chi connectivity index (χ4n) is 0.885. The van der Waals surface area contributed by atoms with E-state index in [4.69, 9.17) is 0 Å². The van der Waals surface area contributed by atoms with Crippen molar-refractivity contribution < 1.29 is 4.79 Å². The second-order valence-corrected chi connectivity index (χ2v) is 2.32. The second kappa shape index (κ2) is 3.75. The molecule has 1 rings (SSSR count). The van der Waals surface area contributed by atoms with E-state index in [1.54, 1.807) is 12.5 Å². The summed E-state index contributed by atoms with van der Waals surface area (Å²) in [6.45, 7) is 0.670. The third-order valence-corrected chi connectivity index (χ3v) is 1.53. The molecule has 0 aromatic carbocycles. The molecule has 0 aliphatic carbocycles. The van der Waals surface area contributed by atoms with Crippen molar-refractivity contribution in [3.05, 3.63) is 18.2 Å². The summed E-state index contributed by atoms with van der Waals surface area (Å²) in [6, 6.07) is 0. The maximum atomic E-state index is 9.88. The second-order valence-electron chi connectivity index (χ2n) is 2.32. The summed E-state index contributed by atoms with van der Waals surface area (Å²) in [5.74, 6) is 0. The quantitative estimate of drug-likeness (QED) is 0.477.